The Labute approximate surface area is 98.9 Å². The Morgan fingerprint density at radius 3 is 2.65 bits per heavy atom. The van der Waals surface area contributed by atoms with Gasteiger partial charge in [0, 0.05) is 20.3 Å². The summed E-state index contributed by atoms with van der Waals surface area (Å²) >= 11 is 0. The molecule has 6 nitrogen and oxygen atoms in total. The van der Waals surface area contributed by atoms with Gasteiger partial charge in [0.25, 0.3) is 5.56 Å². The fourth-order valence-corrected chi connectivity index (χ4v) is 1.55. The van der Waals surface area contributed by atoms with Gasteiger partial charge in [0.2, 0.25) is 5.88 Å². The zero-order valence-corrected chi connectivity index (χ0v) is 10.3. The first-order valence-corrected chi connectivity index (χ1v) is 5.38. The molecule has 0 bridgehead atoms. The molecule has 0 saturated heterocycles. The van der Waals surface area contributed by atoms with Gasteiger partial charge in [0.15, 0.2) is 0 Å². The molecule has 0 aliphatic heterocycles. The predicted octanol–water partition coefficient (Wildman–Crippen LogP) is 0.305. The van der Waals surface area contributed by atoms with Crippen LogP contribution in [0.5, 0.6) is 5.88 Å². The zero-order chi connectivity index (χ0) is 13.1. The quantitative estimate of drug-likeness (QED) is 0.778. The number of aromatic nitrogens is 2. The molecule has 0 aromatic carbocycles. The molecule has 1 aromatic heterocycles. The number of aromatic amines is 1. The van der Waals surface area contributed by atoms with Gasteiger partial charge >= 0.3 is 5.69 Å². The van der Waals surface area contributed by atoms with Crippen LogP contribution in [-0.2, 0) is 11.3 Å². The molecule has 6 heteroatoms. The van der Waals surface area contributed by atoms with Crippen molar-refractivity contribution in [2.75, 3.05) is 13.7 Å². The van der Waals surface area contributed by atoms with E-state index >= 15 is 0 Å². The van der Waals surface area contributed by atoms with E-state index in [4.69, 9.17) is 4.74 Å². The molecular weight excluding hydrogens is 224 g/mol. The molecule has 96 valence electrons. The van der Waals surface area contributed by atoms with E-state index in [0.29, 0.717) is 13.2 Å². The summed E-state index contributed by atoms with van der Waals surface area (Å²) in [5.41, 5.74) is -1.41. The molecule has 0 saturated carbocycles. The third-order valence-electron chi connectivity index (χ3n) is 2.58. The Bertz CT molecular complexity index is 487. The smallest absolute Gasteiger partial charge is 0.331 e. The Morgan fingerprint density at radius 1 is 1.47 bits per heavy atom. The number of rotatable bonds is 5. The fourth-order valence-electron chi connectivity index (χ4n) is 1.55. The van der Waals surface area contributed by atoms with E-state index in [1.165, 1.54) is 0 Å². The first-order valence-electron chi connectivity index (χ1n) is 5.38. The van der Waals surface area contributed by atoms with Gasteiger partial charge in [-0.2, -0.15) is 0 Å². The molecule has 1 aromatic rings. The van der Waals surface area contributed by atoms with Crippen LogP contribution in [0.25, 0.3) is 0 Å². The molecule has 0 unspecified atom stereocenters. The highest BCUT2D eigenvalue weighted by Crippen LogP contribution is 2.23. The third kappa shape index (κ3) is 3.74. The summed E-state index contributed by atoms with van der Waals surface area (Å²) < 4.78 is 6.14. The van der Waals surface area contributed by atoms with E-state index in [9.17, 15) is 14.7 Å². The van der Waals surface area contributed by atoms with Crippen molar-refractivity contribution >= 4 is 0 Å². The van der Waals surface area contributed by atoms with Crippen LogP contribution in [0.3, 0.4) is 0 Å². The highest BCUT2D eigenvalue weighted by atomic mass is 16.5. The second-order valence-corrected chi connectivity index (χ2v) is 4.79. The summed E-state index contributed by atoms with van der Waals surface area (Å²) in [5, 5.41) is 9.57. The van der Waals surface area contributed by atoms with Gasteiger partial charge in [0.1, 0.15) is 0 Å². The minimum atomic E-state index is -0.599. The maximum absolute atomic E-state index is 11.5. The zero-order valence-electron chi connectivity index (χ0n) is 10.3. The largest absolute Gasteiger partial charge is 0.494 e. The van der Waals surface area contributed by atoms with Crippen LogP contribution in [0.15, 0.2) is 15.7 Å². The SMILES string of the molecule is COCCC(C)(C)Cn1c(O)cc(=O)[nH]c1=O. The molecule has 1 rings (SSSR count). The molecule has 0 aliphatic rings. The van der Waals surface area contributed by atoms with Gasteiger partial charge in [0.05, 0.1) is 6.07 Å². The molecule has 1 heterocycles. The number of hydrogen-bond donors (Lipinski definition) is 2. The lowest BCUT2D eigenvalue weighted by Gasteiger charge is -2.25. The maximum Gasteiger partial charge on any atom is 0.331 e. The van der Waals surface area contributed by atoms with E-state index in [2.05, 4.69) is 4.98 Å². The molecule has 0 amide bonds. The van der Waals surface area contributed by atoms with Crippen LogP contribution in [0.2, 0.25) is 0 Å². The van der Waals surface area contributed by atoms with Crippen molar-refractivity contribution in [3.8, 4) is 5.88 Å². The lowest BCUT2D eigenvalue weighted by molar-refractivity contribution is 0.139. The lowest BCUT2D eigenvalue weighted by atomic mass is 9.89. The number of methoxy groups -OCH3 is 1. The number of nitrogens with zero attached hydrogens (tertiary/aromatic N) is 1. The van der Waals surface area contributed by atoms with Crippen LogP contribution in [0.1, 0.15) is 20.3 Å². The van der Waals surface area contributed by atoms with Gasteiger partial charge in [-0.25, -0.2) is 4.79 Å². The predicted molar refractivity (Wildman–Crippen MR) is 63.3 cm³/mol. The molecule has 17 heavy (non-hydrogen) atoms. The number of nitrogens with one attached hydrogen (secondary N) is 1. The summed E-state index contributed by atoms with van der Waals surface area (Å²) in [4.78, 5) is 24.6. The first-order chi connectivity index (χ1) is 7.85. The van der Waals surface area contributed by atoms with Crippen molar-refractivity contribution in [3.05, 3.63) is 26.9 Å². The minimum absolute atomic E-state index is 0.213. The highest BCUT2D eigenvalue weighted by molar-refractivity contribution is 5.06. The number of H-pyrrole nitrogens is 1. The van der Waals surface area contributed by atoms with Gasteiger partial charge < -0.3 is 9.84 Å². The van der Waals surface area contributed by atoms with Crippen LogP contribution in [0.4, 0.5) is 0 Å². The standard InChI is InChI=1S/C11H18N2O4/c1-11(2,4-5-17-3)7-13-9(15)6-8(14)12-10(13)16/h6,15H,4-5,7H2,1-3H3,(H,12,14,16). The molecule has 0 fully saturated rings. The topological polar surface area (TPSA) is 84.3 Å². The molecule has 2 N–H and O–H groups in total. The van der Waals surface area contributed by atoms with Crippen LogP contribution < -0.4 is 11.2 Å². The second-order valence-electron chi connectivity index (χ2n) is 4.79. The van der Waals surface area contributed by atoms with Crippen molar-refractivity contribution in [2.45, 2.75) is 26.8 Å². The average molecular weight is 242 g/mol. The summed E-state index contributed by atoms with van der Waals surface area (Å²) in [5.74, 6) is -0.316. The molecular formula is C11H18N2O4. The van der Waals surface area contributed by atoms with E-state index in [-0.39, 0.29) is 11.3 Å². The molecule has 0 atom stereocenters. The van der Waals surface area contributed by atoms with Crippen molar-refractivity contribution in [3.63, 3.8) is 0 Å². The average Bonchev–Trinajstić information content (AvgIpc) is 2.21. The summed E-state index contributed by atoms with van der Waals surface area (Å²) in [6, 6.07) is 0.994. The first kappa shape index (κ1) is 13.5. The van der Waals surface area contributed by atoms with Crippen molar-refractivity contribution in [2.24, 2.45) is 5.41 Å². The van der Waals surface area contributed by atoms with E-state index in [0.717, 1.165) is 17.1 Å². The summed E-state index contributed by atoms with van der Waals surface area (Å²) in [7, 11) is 1.61. The summed E-state index contributed by atoms with van der Waals surface area (Å²) in [6.45, 7) is 4.82. The van der Waals surface area contributed by atoms with Crippen LogP contribution in [0, 0.1) is 5.41 Å². The molecule has 0 spiro atoms. The van der Waals surface area contributed by atoms with Crippen molar-refractivity contribution in [1.82, 2.24) is 9.55 Å². The monoisotopic (exact) mass is 242 g/mol. The maximum atomic E-state index is 11.5. The Hall–Kier alpha value is -1.56. The lowest BCUT2D eigenvalue weighted by Crippen LogP contribution is -2.34. The van der Waals surface area contributed by atoms with E-state index < -0.39 is 11.2 Å². The van der Waals surface area contributed by atoms with E-state index in [1.807, 2.05) is 13.8 Å². The van der Waals surface area contributed by atoms with Gasteiger partial charge in [-0.3, -0.25) is 14.3 Å². The van der Waals surface area contributed by atoms with Crippen LogP contribution >= 0.6 is 0 Å². The Balaban J connectivity index is 2.95. The van der Waals surface area contributed by atoms with Gasteiger partial charge in [-0.05, 0) is 11.8 Å². The number of ether oxygens (including phenoxy) is 1. The van der Waals surface area contributed by atoms with Gasteiger partial charge in [-0.15, -0.1) is 0 Å². The second kappa shape index (κ2) is 5.18. The number of aromatic hydroxyl groups is 1. The minimum Gasteiger partial charge on any atom is -0.494 e. The highest BCUT2D eigenvalue weighted by Gasteiger charge is 2.20. The molecule has 0 radical (unpaired) electrons. The Kier molecular flexibility index (Phi) is 4.11. The normalized spacial score (nSPS) is 11.7. The van der Waals surface area contributed by atoms with Crippen molar-refractivity contribution < 1.29 is 9.84 Å². The fraction of sp³-hybridized carbons (Fsp3) is 0.636. The van der Waals surface area contributed by atoms with Crippen molar-refractivity contribution in [1.29, 1.82) is 0 Å². The van der Waals surface area contributed by atoms with Gasteiger partial charge in [-0.1, -0.05) is 13.8 Å². The Morgan fingerprint density at radius 2 is 2.12 bits per heavy atom. The third-order valence-corrected chi connectivity index (χ3v) is 2.58. The number of hydrogen-bond acceptors (Lipinski definition) is 4. The summed E-state index contributed by atoms with van der Waals surface area (Å²) in [6.07, 6.45) is 0.745. The molecule has 0 aliphatic carbocycles. The van der Waals surface area contributed by atoms with E-state index in [1.54, 1.807) is 7.11 Å². The van der Waals surface area contributed by atoms with Crippen LogP contribution in [-0.4, -0.2) is 28.4 Å².